The second-order valence-electron chi connectivity index (χ2n) is 2.71. The van der Waals surface area contributed by atoms with Crippen molar-refractivity contribution in [2.45, 2.75) is 32.8 Å². The van der Waals surface area contributed by atoms with Gasteiger partial charge in [0.2, 0.25) is 0 Å². The van der Waals surface area contributed by atoms with E-state index in [1.54, 1.807) is 12.2 Å². The predicted molar refractivity (Wildman–Crippen MR) is 45.3 cm³/mol. The lowest BCUT2D eigenvalue weighted by atomic mass is 10.0. The Morgan fingerprint density at radius 1 is 1.55 bits per heavy atom. The van der Waals surface area contributed by atoms with E-state index >= 15 is 0 Å². The molecule has 0 rings (SSSR count). The van der Waals surface area contributed by atoms with Crippen molar-refractivity contribution >= 4 is 6.29 Å². The molecule has 0 saturated heterocycles. The Morgan fingerprint density at radius 3 is 2.64 bits per heavy atom. The third kappa shape index (κ3) is 4.73. The Balaban J connectivity index is 3.65. The second-order valence-corrected chi connectivity index (χ2v) is 2.71. The van der Waals surface area contributed by atoms with E-state index in [0.717, 1.165) is 12.7 Å². The minimum absolute atomic E-state index is 0.276. The molecule has 0 amide bonds. The molecule has 0 spiro atoms. The fourth-order valence-corrected chi connectivity index (χ4v) is 0.705. The summed E-state index contributed by atoms with van der Waals surface area (Å²) in [7, 11) is 0. The van der Waals surface area contributed by atoms with Gasteiger partial charge in [-0.05, 0) is 5.92 Å². The molecule has 0 aliphatic heterocycles. The van der Waals surface area contributed by atoms with Crippen molar-refractivity contribution in [2.24, 2.45) is 5.92 Å². The first-order valence-electron chi connectivity index (χ1n) is 4.00. The lowest BCUT2D eigenvalue weighted by molar-refractivity contribution is -0.107. The molecular weight excluding hydrogens is 140 g/mol. The van der Waals surface area contributed by atoms with Crippen LogP contribution in [0, 0.1) is 5.92 Å². The van der Waals surface area contributed by atoms with Gasteiger partial charge in [0.1, 0.15) is 6.29 Å². The molecule has 2 unspecified atom stereocenters. The minimum atomic E-state index is -0.403. The van der Waals surface area contributed by atoms with Gasteiger partial charge >= 0.3 is 0 Å². The Kier molecular flexibility index (Phi) is 5.75. The molecule has 0 saturated carbocycles. The van der Waals surface area contributed by atoms with Gasteiger partial charge in [-0.25, -0.2) is 0 Å². The lowest BCUT2D eigenvalue weighted by Crippen LogP contribution is -2.13. The van der Waals surface area contributed by atoms with Crippen LogP contribution < -0.4 is 0 Å². The van der Waals surface area contributed by atoms with E-state index < -0.39 is 6.10 Å². The number of allylic oxidation sites excluding steroid dienone is 1. The quantitative estimate of drug-likeness (QED) is 0.484. The van der Waals surface area contributed by atoms with E-state index in [2.05, 4.69) is 0 Å². The van der Waals surface area contributed by atoms with Crippen LogP contribution in [0.2, 0.25) is 0 Å². The minimum Gasteiger partial charge on any atom is -0.389 e. The summed E-state index contributed by atoms with van der Waals surface area (Å²) in [6, 6.07) is 0. The molecule has 0 aromatic rings. The zero-order valence-corrected chi connectivity index (χ0v) is 7.16. The molecule has 11 heavy (non-hydrogen) atoms. The molecule has 1 N–H and O–H groups in total. The lowest BCUT2D eigenvalue weighted by Gasteiger charge is -2.11. The van der Waals surface area contributed by atoms with Crippen LogP contribution in [-0.4, -0.2) is 17.5 Å². The summed E-state index contributed by atoms with van der Waals surface area (Å²) in [6.07, 6.45) is 5.15. The molecule has 64 valence electrons. The highest BCUT2D eigenvalue weighted by Gasteiger charge is 2.06. The number of rotatable bonds is 5. The van der Waals surface area contributed by atoms with E-state index in [1.165, 1.54) is 0 Å². The van der Waals surface area contributed by atoms with Crippen molar-refractivity contribution in [2.75, 3.05) is 0 Å². The maximum Gasteiger partial charge on any atom is 0.123 e. The number of carbonyl (C=O) groups excluding carboxylic acids is 1. The molecule has 0 radical (unpaired) electrons. The number of aliphatic hydroxyl groups excluding tert-OH is 1. The van der Waals surface area contributed by atoms with Crippen LogP contribution in [-0.2, 0) is 4.79 Å². The van der Waals surface area contributed by atoms with Crippen LogP contribution in [0.3, 0.4) is 0 Å². The molecule has 0 bridgehead atoms. The third-order valence-corrected chi connectivity index (χ3v) is 1.79. The summed E-state index contributed by atoms with van der Waals surface area (Å²) in [5.41, 5.74) is 0. The van der Waals surface area contributed by atoms with Gasteiger partial charge in [0.05, 0.1) is 6.10 Å². The molecule has 2 nitrogen and oxygen atoms in total. The van der Waals surface area contributed by atoms with Gasteiger partial charge in [0.15, 0.2) is 0 Å². The van der Waals surface area contributed by atoms with Gasteiger partial charge in [0.25, 0.3) is 0 Å². The Bertz CT molecular complexity index is 130. The predicted octanol–water partition coefficient (Wildman–Crippen LogP) is 1.54. The van der Waals surface area contributed by atoms with Gasteiger partial charge in [-0.2, -0.15) is 0 Å². The number of carbonyl (C=O) groups is 1. The summed E-state index contributed by atoms with van der Waals surface area (Å²) in [5, 5.41) is 9.34. The average Bonchev–Trinajstić information content (AvgIpc) is 2.03. The molecule has 0 heterocycles. The average molecular weight is 156 g/mol. The van der Waals surface area contributed by atoms with Gasteiger partial charge in [0, 0.05) is 6.42 Å². The topological polar surface area (TPSA) is 37.3 Å². The highest BCUT2D eigenvalue weighted by molar-refractivity contribution is 5.51. The maximum absolute atomic E-state index is 9.89. The first kappa shape index (κ1) is 10.4. The normalized spacial score (nSPS) is 16.6. The van der Waals surface area contributed by atoms with Crippen molar-refractivity contribution in [1.29, 1.82) is 0 Å². The number of hydrogen-bond donors (Lipinski definition) is 1. The molecule has 0 aromatic heterocycles. The summed E-state index contributed by atoms with van der Waals surface area (Å²) < 4.78 is 0. The summed E-state index contributed by atoms with van der Waals surface area (Å²) in [4.78, 5) is 9.89. The zero-order chi connectivity index (χ0) is 8.69. The second kappa shape index (κ2) is 6.10. The Morgan fingerprint density at radius 2 is 2.18 bits per heavy atom. The van der Waals surface area contributed by atoms with Crippen LogP contribution in [0.25, 0.3) is 0 Å². The van der Waals surface area contributed by atoms with E-state index in [0.29, 0.717) is 6.42 Å². The van der Waals surface area contributed by atoms with E-state index in [9.17, 15) is 9.90 Å². The summed E-state index contributed by atoms with van der Waals surface area (Å²) in [5.74, 6) is 0.276. The Labute approximate surface area is 67.9 Å². The van der Waals surface area contributed by atoms with Gasteiger partial charge < -0.3 is 9.90 Å². The highest BCUT2D eigenvalue weighted by Crippen LogP contribution is 2.08. The number of hydrogen-bond acceptors (Lipinski definition) is 2. The van der Waals surface area contributed by atoms with Crippen molar-refractivity contribution in [3.8, 4) is 0 Å². The first-order chi connectivity index (χ1) is 5.22. The smallest absolute Gasteiger partial charge is 0.123 e. The number of aliphatic hydroxyl groups is 1. The fraction of sp³-hybridized carbons (Fsp3) is 0.667. The SMILES string of the molecule is CCC(C)C(O)/C=C/CC=O. The van der Waals surface area contributed by atoms with Crippen LogP contribution in [0.15, 0.2) is 12.2 Å². The van der Waals surface area contributed by atoms with Crippen LogP contribution >= 0.6 is 0 Å². The molecular formula is C9H16O2. The fourth-order valence-electron chi connectivity index (χ4n) is 0.705. The zero-order valence-electron chi connectivity index (χ0n) is 7.16. The van der Waals surface area contributed by atoms with Crippen molar-refractivity contribution < 1.29 is 9.90 Å². The van der Waals surface area contributed by atoms with Crippen molar-refractivity contribution in [3.63, 3.8) is 0 Å². The highest BCUT2D eigenvalue weighted by atomic mass is 16.3. The standard InChI is InChI=1S/C9H16O2/c1-3-8(2)9(11)6-4-5-7-10/h4,6-9,11H,3,5H2,1-2H3/b6-4+. The van der Waals surface area contributed by atoms with E-state index in [4.69, 9.17) is 0 Å². The maximum atomic E-state index is 9.89. The van der Waals surface area contributed by atoms with E-state index in [-0.39, 0.29) is 5.92 Å². The van der Waals surface area contributed by atoms with Crippen LogP contribution in [0.5, 0.6) is 0 Å². The molecule has 2 heteroatoms. The molecule has 0 fully saturated rings. The van der Waals surface area contributed by atoms with Crippen LogP contribution in [0.4, 0.5) is 0 Å². The Hall–Kier alpha value is -0.630. The van der Waals surface area contributed by atoms with Crippen LogP contribution in [0.1, 0.15) is 26.7 Å². The summed E-state index contributed by atoms with van der Waals surface area (Å²) >= 11 is 0. The monoisotopic (exact) mass is 156 g/mol. The van der Waals surface area contributed by atoms with Gasteiger partial charge in [-0.15, -0.1) is 0 Å². The number of aldehydes is 1. The largest absolute Gasteiger partial charge is 0.389 e. The third-order valence-electron chi connectivity index (χ3n) is 1.79. The van der Waals surface area contributed by atoms with Gasteiger partial charge in [-0.1, -0.05) is 32.4 Å². The molecule has 0 aromatic carbocycles. The first-order valence-corrected chi connectivity index (χ1v) is 4.00. The molecule has 0 aliphatic carbocycles. The summed E-state index contributed by atoms with van der Waals surface area (Å²) in [6.45, 7) is 4.01. The van der Waals surface area contributed by atoms with E-state index in [1.807, 2.05) is 13.8 Å². The van der Waals surface area contributed by atoms with Gasteiger partial charge in [-0.3, -0.25) is 0 Å². The van der Waals surface area contributed by atoms with Crippen molar-refractivity contribution in [1.82, 2.24) is 0 Å². The van der Waals surface area contributed by atoms with Crippen molar-refractivity contribution in [3.05, 3.63) is 12.2 Å². The molecule has 2 atom stereocenters. The molecule has 0 aliphatic rings.